The van der Waals surface area contributed by atoms with Gasteiger partial charge in [-0.15, -0.1) is 0 Å². The summed E-state index contributed by atoms with van der Waals surface area (Å²) < 4.78 is 56.0. The number of carbonyl (C=O) groups excluding carboxylic acids is 2. The summed E-state index contributed by atoms with van der Waals surface area (Å²) in [5.41, 5.74) is 2.33. The predicted octanol–water partition coefficient (Wildman–Crippen LogP) is 2.88. The van der Waals surface area contributed by atoms with Crippen molar-refractivity contribution in [3.8, 4) is 11.6 Å². The van der Waals surface area contributed by atoms with Gasteiger partial charge >= 0.3 is 0 Å². The third-order valence-corrected chi connectivity index (χ3v) is 6.68. The van der Waals surface area contributed by atoms with Crippen LogP contribution in [0.25, 0.3) is 5.82 Å². The van der Waals surface area contributed by atoms with Gasteiger partial charge in [-0.1, -0.05) is 18.2 Å². The van der Waals surface area contributed by atoms with Gasteiger partial charge in [0.1, 0.15) is 17.1 Å². The second-order valence-corrected chi connectivity index (χ2v) is 12.0. The van der Waals surface area contributed by atoms with Crippen LogP contribution in [-0.4, -0.2) is 65.6 Å². The van der Waals surface area contributed by atoms with Gasteiger partial charge in [0.05, 0.1) is 5.69 Å². The van der Waals surface area contributed by atoms with E-state index in [0.29, 0.717) is 36.5 Å². The highest BCUT2D eigenvalue weighted by Crippen LogP contribution is 2.29. The van der Waals surface area contributed by atoms with E-state index in [-0.39, 0.29) is 17.4 Å². The molecule has 0 unspecified atom stereocenters. The van der Waals surface area contributed by atoms with Crippen LogP contribution in [0.4, 0.5) is 14.6 Å². The van der Waals surface area contributed by atoms with E-state index in [1.807, 2.05) is 13.0 Å². The standard InChI is InChI=1S/C26H29F2N5O5S/c1-16-7-10-21(29-13-16)33-24(31-22(34)14-39(3,36)37)23-20(32-33)12-18(30-25(23)35)9-8-17-5-4-6-19(11-17)38-15-26(2,27)28/h4-7,10-11,13,18H,8-9,12,14-15H2,1-3H3,(H,30,35)(H,31,34)/t18-/m0/s1. The lowest BCUT2D eigenvalue weighted by molar-refractivity contribution is -0.113. The number of amides is 2. The van der Waals surface area contributed by atoms with Crippen molar-refractivity contribution in [3.63, 3.8) is 0 Å². The van der Waals surface area contributed by atoms with Crippen LogP contribution in [-0.2, 0) is 27.5 Å². The zero-order valence-electron chi connectivity index (χ0n) is 21.7. The molecule has 0 fully saturated rings. The maximum Gasteiger partial charge on any atom is 0.278 e. The number of halogens is 2. The quantitative estimate of drug-likeness (QED) is 0.389. The van der Waals surface area contributed by atoms with E-state index in [4.69, 9.17) is 4.74 Å². The fourth-order valence-electron chi connectivity index (χ4n) is 4.18. The lowest BCUT2D eigenvalue weighted by atomic mass is 9.96. The topological polar surface area (TPSA) is 132 Å². The molecular weight excluding hydrogens is 532 g/mol. The molecule has 3 heterocycles. The highest BCUT2D eigenvalue weighted by atomic mass is 32.2. The number of aromatic nitrogens is 3. The number of pyridine rings is 1. The first-order valence-corrected chi connectivity index (χ1v) is 14.3. The van der Waals surface area contributed by atoms with Crippen molar-refractivity contribution in [2.24, 2.45) is 0 Å². The summed E-state index contributed by atoms with van der Waals surface area (Å²) in [6, 6.07) is 10.1. The Balaban J connectivity index is 1.54. The zero-order chi connectivity index (χ0) is 28.4. The molecule has 10 nitrogen and oxygen atoms in total. The summed E-state index contributed by atoms with van der Waals surface area (Å²) in [5.74, 6) is -4.23. The minimum atomic E-state index is -3.61. The van der Waals surface area contributed by atoms with E-state index in [1.54, 1.807) is 36.5 Å². The molecule has 1 aliphatic heterocycles. The number of alkyl halides is 2. The van der Waals surface area contributed by atoms with Crippen molar-refractivity contribution in [2.45, 2.75) is 45.1 Å². The van der Waals surface area contributed by atoms with Crippen LogP contribution in [0, 0.1) is 6.92 Å². The molecule has 0 saturated heterocycles. The van der Waals surface area contributed by atoms with Gasteiger partial charge in [-0.25, -0.2) is 22.2 Å². The largest absolute Gasteiger partial charge is 0.487 e. The number of sulfone groups is 1. The van der Waals surface area contributed by atoms with E-state index >= 15 is 0 Å². The number of hydrogen-bond donors (Lipinski definition) is 2. The van der Waals surface area contributed by atoms with E-state index in [0.717, 1.165) is 24.3 Å². The molecule has 39 heavy (non-hydrogen) atoms. The maximum absolute atomic E-state index is 13.2. The fraction of sp³-hybridized carbons (Fsp3) is 0.385. The molecule has 4 rings (SSSR count). The molecule has 1 atom stereocenters. The average Bonchev–Trinajstić information content (AvgIpc) is 3.19. The number of anilines is 1. The molecule has 0 bridgehead atoms. The first-order chi connectivity index (χ1) is 18.3. The maximum atomic E-state index is 13.2. The Bertz CT molecular complexity index is 1480. The fourth-order valence-corrected chi connectivity index (χ4v) is 4.72. The zero-order valence-corrected chi connectivity index (χ0v) is 22.5. The molecule has 2 aromatic heterocycles. The molecular formula is C26H29F2N5O5S. The third kappa shape index (κ3) is 7.59. The SMILES string of the molecule is Cc1ccc(-n2nc3c(c2NC(=O)CS(C)(=O)=O)C(=O)N[C@@H](CCc2cccc(OCC(C)(F)F)c2)C3)nc1. The van der Waals surface area contributed by atoms with Crippen molar-refractivity contribution >= 4 is 27.5 Å². The molecule has 2 amide bonds. The van der Waals surface area contributed by atoms with E-state index in [1.165, 1.54) is 4.68 Å². The lowest BCUT2D eigenvalue weighted by Gasteiger charge is -2.23. The van der Waals surface area contributed by atoms with Crippen molar-refractivity contribution in [1.29, 1.82) is 0 Å². The smallest absolute Gasteiger partial charge is 0.278 e. The van der Waals surface area contributed by atoms with Gasteiger partial charge in [0.2, 0.25) is 5.91 Å². The van der Waals surface area contributed by atoms with E-state index in [9.17, 15) is 26.8 Å². The Morgan fingerprint density at radius 1 is 1.28 bits per heavy atom. The first kappa shape index (κ1) is 28.1. The van der Waals surface area contributed by atoms with Crippen LogP contribution in [0.5, 0.6) is 5.75 Å². The molecule has 0 aliphatic carbocycles. The monoisotopic (exact) mass is 561 g/mol. The molecule has 0 spiro atoms. The second-order valence-electron chi connectivity index (χ2n) is 9.81. The summed E-state index contributed by atoms with van der Waals surface area (Å²) in [5, 5.41) is 10.0. The first-order valence-electron chi connectivity index (χ1n) is 12.2. The Hall–Kier alpha value is -3.87. The van der Waals surface area contributed by atoms with E-state index < -0.39 is 39.9 Å². The van der Waals surface area contributed by atoms with Crippen LogP contribution in [0.1, 0.15) is 40.5 Å². The Morgan fingerprint density at radius 2 is 2.05 bits per heavy atom. The number of ether oxygens (including phenoxy) is 1. The predicted molar refractivity (Wildman–Crippen MR) is 140 cm³/mol. The van der Waals surface area contributed by atoms with Crippen molar-refractivity contribution in [3.05, 3.63) is 65.0 Å². The van der Waals surface area contributed by atoms with Gasteiger partial charge in [-0.05, 0) is 49.1 Å². The van der Waals surface area contributed by atoms with Gasteiger partial charge < -0.3 is 15.4 Å². The summed E-state index contributed by atoms with van der Waals surface area (Å²) in [6.07, 6.45) is 3.98. The van der Waals surface area contributed by atoms with Crippen molar-refractivity contribution in [1.82, 2.24) is 20.1 Å². The number of nitrogens with zero attached hydrogens (tertiary/aromatic N) is 3. The van der Waals surface area contributed by atoms with Crippen LogP contribution in [0.2, 0.25) is 0 Å². The van der Waals surface area contributed by atoms with Gasteiger partial charge in [0.15, 0.2) is 28.1 Å². The summed E-state index contributed by atoms with van der Waals surface area (Å²) in [6.45, 7) is 1.92. The summed E-state index contributed by atoms with van der Waals surface area (Å²) >= 11 is 0. The number of fused-ring (bicyclic) bond motifs is 1. The van der Waals surface area contributed by atoms with Crippen LogP contribution >= 0.6 is 0 Å². The van der Waals surface area contributed by atoms with Gasteiger partial charge in [0, 0.05) is 31.8 Å². The van der Waals surface area contributed by atoms with Gasteiger partial charge in [-0.3, -0.25) is 9.59 Å². The second kappa shape index (κ2) is 11.1. The number of aryl methyl sites for hydroxylation is 2. The van der Waals surface area contributed by atoms with Crippen LogP contribution in [0.3, 0.4) is 0 Å². The van der Waals surface area contributed by atoms with E-state index in [2.05, 4.69) is 20.7 Å². The highest BCUT2D eigenvalue weighted by molar-refractivity contribution is 7.91. The number of nitrogens with one attached hydrogen (secondary N) is 2. The Kier molecular flexibility index (Phi) is 8.00. The summed E-state index contributed by atoms with van der Waals surface area (Å²) in [4.78, 5) is 30.0. The normalized spacial score (nSPS) is 15.4. The molecule has 1 aromatic carbocycles. The third-order valence-electron chi connectivity index (χ3n) is 5.90. The van der Waals surface area contributed by atoms with Gasteiger partial charge in [0.25, 0.3) is 11.8 Å². The number of benzene rings is 1. The molecule has 0 saturated carbocycles. The summed E-state index contributed by atoms with van der Waals surface area (Å²) in [7, 11) is -3.61. The molecule has 1 aliphatic rings. The number of rotatable bonds is 10. The lowest BCUT2D eigenvalue weighted by Crippen LogP contribution is -2.41. The average molecular weight is 562 g/mol. The molecule has 0 radical (unpaired) electrons. The van der Waals surface area contributed by atoms with Crippen molar-refractivity contribution < 1.29 is 31.5 Å². The highest BCUT2D eigenvalue weighted by Gasteiger charge is 2.33. The Morgan fingerprint density at radius 3 is 2.72 bits per heavy atom. The Labute approximate surface area is 224 Å². The van der Waals surface area contributed by atoms with Crippen LogP contribution < -0.4 is 15.4 Å². The van der Waals surface area contributed by atoms with Gasteiger partial charge in [-0.2, -0.15) is 9.78 Å². The van der Waals surface area contributed by atoms with Crippen molar-refractivity contribution in [2.75, 3.05) is 23.9 Å². The molecule has 2 N–H and O–H groups in total. The molecule has 208 valence electrons. The molecule has 13 heteroatoms. The number of hydrogen-bond acceptors (Lipinski definition) is 7. The minimum Gasteiger partial charge on any atom is -0.487 e. The van der Waals surface area contributed by atoms with Crippen LogP contribution in [0.15, 0.2) is 42.6 Å². The molecule has 3 aromatic rings. The number of carbonyl (C=O) groups is 2. The minimum absolute atomic E-state index is 0.0449.